The summed E-state index contributed by atoms with van der Waals surface area (Å²) in [6.07, 6.45) is 0.141. The molecule has 0 saturated carbocycles. The fourth-order valence-electron chi connectivity index (χ4n) is 1.89. The summed E-state index contributed by atoms with van der Waals surface area (Å²) in [5.74, 6) is 2.82. The van der Waals surface area contributed by atoms with E-state index in [1.807, 2.05) is 18.2 Å². The quantitative estimate of drug-likeness (QED) is 0.858. The Hall–Kier alpha value is -1.42. The zero-order valence-electron chi connectivity index (χ0n) is 12.1. The van der Waals surface area contributed by atoms with Gasteiger partial charge in [0.05, 0.1) is 0 Å². The fourth-order valence-corrected chi connectivity index (χ4v) is 1.89. The Labute approximate surface area is 115 Å². The van der Waals surface area contributed by atoms with Crippen molar-refractivity contribution in [1.82, 2.24) is 5.32 Å². The van der Waals surface area contributed by atoms with Crippen LogP contribution in [-0.2, 0) is 0 Å². The van der Waals surface area contributed by atoms with Gasteiger partial charge in [0.25, 0.3) is 0 Å². The maximum absolute atomic E-state index is 6.05. The molecule has 0 radical (unpaired) electrons. The number of nitrogens with one attached hydrogen (secondary N) is 1. The minimum atomic E-state index is 0.141. The molecule has 4 nitrogen and oxygen atoms in total. The van der Waals surface area contributed by atoms with Crippen molar-refractivity contribution in [3.63, 3.8) is 0 Å². The van der Waals surface area contributed by atoms with Crippen LogP contribution < -0.4 is 19.5 Å². The first-order valence-corrected chi connectivity index (χ1v) is 6.86. The Morgan fingerprint density at radius 2 is 1.89 bits per heavy atom. The van der Waals surface area contributed by atoms with Crippen LogP contribution in [0.25, 0.3) is 0 Å². The van der Waals surface area contributed by atoms with E-state index < -0.39 is 0 Å². The molecule has 0 aliphatic carbocycles. The molecule has 1 aliphatic heterocycles. The molecule has 1 atom stereocenters. The predicted molar refractivity (Wildman–Crippen MR) is 75.0 cm³/mol. The maximum atomic E-state index is 6.05. The summed E-state index contributed by atoms with van der Waals surface area (Å²) < 4.78 is 16.7. The third-order valence-electron chi connectivity index (χ3n) is 3.10. The number of hydrogen-bond donors (Lipinski definition) is 1. The summed E-state index contributed by atoms with van der Waals surface area (Å²) in [4.78, 5) is 0. The zero-order chi connectivity index (χ0) is 13.8. The first kappa shape index (κ1) is 14.0. The van der Waals surface area contributed by atoms with E-state index in [0.717, 1.165) is 23.8 Å². The summed E-state index contributed by atoms with van der Waals surface area (Å²) in [7, 11) is 0. The highest BCUT2D eigenvalue weighted by Crippen LogP contribution is 2.35. The van der Waals surface area contributed by atoms with Crippen LogP contribution >= 0.6 is 0 Å². The molecular formula is C15H23NO3. The van der Waals surface area contributed by atoms with Gasteiger partial charge < -0.3 is 19.5 Å². The first-order valence-electron chi connectivity index (χ1n) is 6.86. The van der Waals surface area contributed by atoms with Crippen LogP contribution in [0, 0.1) is 5.92 Å². The lowest BCUT2D eigenvalue weighted by Gasteiger charge is -2.24. The molecule has 1 heterocycles. The molecule has 1 aromatic rings. The average Bonchev–Trinajstić information content (AvgIpc) is 2.81. The van der Waals surface area contributed by atoms with Crippen LogP contribution in [0.15, 0.2) is 18.2 Å². The van der Waals surface area contributed by atoms with Gasteiger partial charge in [0.2, 0.25) is 6.79 Å². The second-order valence-electron chi connectivity index (χ2n) is 5.48. The molecule has 0 spiro atoms. The van der Waals surface area contributed by atoms with Gasteiger partial charge in [-0.15, -0.1) is 0 Å². The van der Waals surface area contributed by atoms with E-state index in [9.17, 15) is 0 Å². The van der Waals surface area contributed by atoms with Crippen molar-refractivity contribution in [3.8, 4) is 17.2 Å². The van der Waals surface area contributed by atoms with Crippen molar-refractivity contribution in [1.29, 1.82) is 0 Å². The van der Waals surface area contributed by atoms with Gasteiger partial charge in [-0.3, -0.25) is 0 Å². The fraction of sp³-hybridized carbons (Fsp3) is 0.600. The van der Waals surface area contributed by atoms with Crippen LogP contribution in [0.5, 0.6) is 17.2 Å². The van der Waals surface area contributed by atoms with Crippen molar-refractivity contribution < 1.29 is 14.2 Å². The summed E-state index contributed by atoms with van der Waals surface area (Å²) in [5.41, 5.74) is 0. The van der Waals surface area contributed by atoms with E-state index in [-0.39, 0.29) is 6.10 Å². The highest BCUT2D eigenvalue weighted by Gasteiger charge is 2.18. The molecule has 0 saturated heterocycles. The number of benzene rings is 1. The normalized spacial score (nSPS) is 15.1. The minimum absolute atomic E-state index is 0.141. The van der Waals surface area contributed by atoms with E-state index in [1.165, 1.54) is 0 Å². The molecule has 106 valence electrons. The molecule has 0 aromatic heterocycles. The van der Waals surface area contributed by atoms with Crippen molar-refractivity contribution in [3.05, 3.63) is 18.2 Å². The van der Waals surface area contributed by atoms with Crippen molar-refractivity contribution in [2.45, 2.75) is 39.8 Å². The molecule has 19 heavy (non-hydrogen) atoms. The molecule has 2 rings (SSSR count). The molecule has 1 N–H and O–H groups in total. The van der Waals surface area contributed by atoms with Gasteiger partial charge in [0, 0.05) is 18.7 Å². The lowest BCUT2D eigenvalue weighted by molar-refractivity contribution is 0.145. The monoisotopic (exact) mass is 265 g/mol. The van der Waals surface area contributed by atoms with Gasteiger partial charge in [-0.2, -0.15) is 0 Å². The topological polar surface area (TPSA) is 39.7 Å². The van der Waals surface area contributed by atoms with Gasteiger partial charge in [0.1, 0.15) is 11.9 Å². The highest BCUT2D eigenvalue weighted by atomic mass is 16.7. The Balaban J connectivity index is 2.00. The predicted octanol–water partition coefficient (Wildman–Crippen LogP) is 2.82. The van der Waals surface area contributed by atoms with Gasteiger partial charge in [-0.05, 0) is 18.1 Å². The van der Waals surface area contributed by atoms with E-state index in [4.69, 9.17) is 14.2 Å². The van der Waals surface area contributed by atoms with E-state index in [0.29, 0.717) is 18.8 Å². The Bertz CT molecular complexity index is 418. The Morgan fingerprint density at radius 3 is 2.58 bits per heavy atom. The zero-order valence-corrected chi connectivity index (χ0v) is 12.1. The van der Waals surface area contributed by atoms with Gasteiger partial charge in [-0.1, -0.05) is 27.7 Å². The second kappa shape index (κ2) is 6.15. The molecule has 0 amide bonds. The standard InChI is InChI=1S/C15H23NO3/c1-10(2)15(8-16-11(3)4)19-12-5-6-13-14(7-12)18-9-17-13/h5-7,10-11,15-16H,8-9H2,1-4H3. The van der Waals surface area contributed by atoms with E-state index in [2.05, 4.69) is 33.0 Å². The van der Waals surface area contributed by atoms with Crippen LogP contribution in [0.3, 0.4) is 0 Å². The summed E-state index contributed by atoms with van der Waals surface area (Å²) in [6, 6.07) is 6.18. The van der Waals surface area contributed by atoms with Gasteiger partial charge in [-0.25, -0.2) is 0 Å². The van der Waals surface area contributed by atoms with Crippen LogP contribution in [0.2, 0.25) is 0 Å². The lowest BCUT2D eigenvalue weighted by Crippen LogP contribution is -2.38. The first-order chi connectivity index (χ1) is 9.06. The van der Waals surface area contributed by atoms with Crippen molar-refractivity contribution in [2.24, 2.45) is 5.92 Å². The Morgan fingerprint density at radius 1 is 1.16 bits per heavy atom. The third-order valence-corrected chi connectivity index (χ3v) is 3.10. The number of fused-ring (bicyclic) bond motifs is 1. The molecule has 1 unspecified atom stereocenters. The lowest BCUT2D eigenvalue weighted by atomic mass is 10.1. The van der Waals surface area contributed by atoms with E-state index in [1.54, 1.807) is 0 Å². The number of hydrogen-bond acceptors (Lipinski definition) is 4. The second-order valence-corrected chi connectivity index (χ2v) is 5.48. The molecule has 0 bridgehead atoms. The van der Waals surface area contributed by atoms with Crippen molar-refractivity contribution in [2.75, 3.05) is 13.3 Å². The van der Waals surface area contributed by atoms with Crippen LogP contribution in [0.4, 0.5) is 0 Å². The molecule has 1 aliphatic rings. The molecule has 4 heteroatoms. The summed E-state index contributed by atoms with van der Waals surface area (Å²) in [5, 5.41) is 3.42. The van der Waals surface area contributed by atoms with Crippen LogP contribution in [-0.4, -0.2) is 25.5 Å². The highest BCUT2D eigenvalue weighted by molar-refractivity contribution is 5.46. The van der Waals surface area contributed by atoms with Gasteiger partial charge in [0.15, 0.2) is 11.5 Å². The Kier molecular flexibility index (Phi) is 4.53. The van der Waals surface area contributed by atoms with E-state index >= 15 is 0 Å². The largest absolute Gasteiger partial charge is 0.489 e. The molecule has 0 fully saturated rings. The third kappa shape index (κ3) is 3.77. The van der Waals surface area contributed by atoms with Crippen molar-refractivity contribution >= 4 is 0 Å². The summed E-state index contributed by atoms with van der Waals surface area (Å²) in [6.45, 7) is 9.74. The smallest absolute Gasteiger partial charge is 0.231 e. The summed E-state index contributed by atoms with van der Waals surface area (Å²) >= 11 is 0. The number of rotatable bonds is 6. The number of ether oxygens (including phenoxy) is 3. The minimum Gasteiger partial charge on any atom is -0.489 e. The SMILES string of the molecule is CC(C)NCC(Oc1ccc2c(c1)OCO2)C(C)C. The van der Waals surface area contributed by atoms with Crippen LogP contribution in [0.1, 0.15) is 27.7 Å². The van der Waals surface area contributed by atoms with Gasteiger partial charge >= 0.3 is 0 Å². The molecular weight excluding hydrogens is 242 g/mol. The average molecular weight is 265 g/mol. The maximum Gasteiger partial charge on any atom is 0.231 e. The molecule has 1 aromatic carbocycles.